The number of halogens is 1. The molecule has 0 aromatic heterocycles. The number of rotatable bonds is 6. The van der Waals surface area contributed by atoms with Gasteiger partial charge in [-0.25, -0.2) is 4.39 Å². The van der Waals surface area contributed by atoms with Gasteiger partial charge in [0.1, 0.15) is 5.82 Å². The van der Waals surface area contributed by atoms with E-state index in [1.54, 1.807) is 29.2 Å². The normalized spacial score (nSPS) is 19.1. The average Bonchev–Trinajstić information content (AvgIpc) is 3.14. The fourth-order valence-electron chi connectivity index (χ4n) is 3.57. The van der Waals surface area contributed by atoms with Crippen LogP contribution in [0.15, 0.2) is 54.6 Å². The van der Waals surface area contributed by atoms with Crippen LogP contribution in [0.4, 0.5) is 4.39 Å². The molecule has 1 N–H and O–H groups in total. The number of nitrogens with zero attached hydrogens (tertiary/aromatic N) is 1. The van der Waals surface area contributed by atoms with Crippen LogP contribution in [0, 0.1) is 11.7 Å². The van der Waals surface area contributed by atoms with Crippen LogP contribution in [0.1, 0.15) is 41.6 Å². The topological polar surface area (TPSA) is 49.4 Å². The minimum absolute atomic E-state index is 0.0406. The molecule has 1 heterocycles. The van der Waals surface area contributed by atoms with E-state index in [4.69, 9.17) is 0 Å². The molecule has 3 rings (SSSR count). The van der Waals surface area contributed by atoms with Crippen molar-refractivity contribution in [2.45, 2.75) is 25.7 Å². The first-order valence-corrected chi connectivity index (χ1v) is 9.47. The van der Waals surface area contributed by atoms with E-state index in [-0.39, 0.29) is 29.5 Å². The maximum atomic E-state index is 13.3. The number of hydrogen-bond acceptors (Lipinski definition) is 2. The maximum absolute atomic E-state index is 13.3. The van der Waals surface area contributed by atoms with Crippen molar-refractivity contribution in [2.24, 2.45) is 5.92 Å². The molecule has 1 aliphatic heterocycles. The van der Waals surface area contributed by atoms with Gasteiger partial charge in [-0.2, -0.15) is 0 Å². The van der Waals surface area contributed by atoms with Gasteiger partial charge in [0, 0.05) is 31.1 Å². The number of carbonyl (C=O) groups is 2. The van der Waals surface area contributed by atoms with Gasteiger partial charge in [0.2, 0.25) is 5.91 Å². The number of nitrogens with one attached hydrogen (secondary N) is 1. The van der Waals surface area contributed by atoms with Crippen molar-refractivity contribution in [1.29, 1.82) is 0 Å². The summed E-state index contributed by atoms with van der Waals surface area (Å²) in [7, 11) is 0. The lowest BCUT2D eigenvalue weighted by Gasteiger charge is -2.18. The lowest BCUT2D eigenvalue weighted by molar-refractivity contribution is -0.124. The Balaban J connectivity index is 1.80. The molecule has 2 amide bonds. The Morgan fingerprint density at radius 3 is 2.44 bits per heavy atom. The van der Waals surface area contributed by atoms with Crippen molar-refractivity contribution < 1.29 is 14.0 Å². The van der Waals surface area contributed by atoms with E-state index >= 15 is 0 Å². The summed E-state index contributed by atoms with van der Waals surface area (Å²) in [5.74, 6) is -0.898. The first-order valence-electron chi connectivity index (χ1n) is 9.47. The van der Waals surface area contributed by atoms with E-state index in [1.807, 2.05) is 18.2 Å². The van der Waals surface area contributed by atoms with Crippen LogP contribution < -0.4 is 5.32 Å². The second-order valence-corrected chi connectivity index (χ2v) is 6.99. The quantitative estimate of drug-likeness (QED) is 0.792. The van der Waals surface area contributed by atoms with Crippen LogP contribution in [0.5, 0.6) is 0 Å². The molecule has 0 spiro atoms. The number of carbonyl (C=O) groups excluding carboxylic acids is 2. The van der Waals surface area contributed by atoms with Gasteiger partial charge in [-0.1, -0.05) is 43.7 Å². The van der Waals surface area contributed by atoms with Crippen molar-refractivity contribution in [2.75, 3.05) is 19.6 Å². The van der Waals surface area contributed by atoms with Gasteiger partial charge < -0.3 is 10.2 Å². The Bertz CT molecular complexity index is 777. The van der Waals surface area contributed by atoms with Crippen LogP contribution in [-0.4, -0.2) is 36.3 Å². The highest BCUT2D eigenvalue weighted by Gasteiger charge is 2.40. The fourth-order valence-corrected chi connectivity index (χ4v) is 3.57. The van der Waals surface area contributed by atoms with E-state index in [0.29, 0.717) is 25.2 Å². The van der Waals surface area contributed by atoms with E-state index in [1.165, 1.54) is 12.1 Å². The molecular weight excluding hydrogens is 343 g/mol. The highest BCUT2D eigenvalue weighted by Crippen LogP contribution is 2.34. The van der Waals surface area contributed by atoms with Gasteiger partial charge in [-0.3, -0.25) is 9.59 Å². The van der Waals surface area contributed by atoms with E-state index in [0.717, 1.165) is 18.4 Å². The second-order valence-electron chi connectivity index (χ2n) is 6.99. The lowest BCUT2D eigenvalue weighted by Crippen LogP contribution is -2.36. The highest BCUT2D eigenvalue weighted by atomic mass is 19.1. The molecule has 0 radical (unpaired) electrons. The van der Waals surface area contributed by atoms with Crippen LogP contribution >= 0.6 is 0 Å². The Morgan fingerprint density at radius 2 is 1.78 bits per heavy atom. The molecule has 142 valence electrons. The minimum atomic E-state index is -0.333. The summed E-state index contributed by atoms with van der Waals surface area (Å²) in [6.07, 6.45) is 1.93. The smallest absolute Gasteiger partial charge is 0.253 e. The molecule has 27 heavy (non-hydrogen) atoms. The summed E-state index contributed by atoms with van der Waals surface area (Å²) in [6, 6.07) is 15.3. The molecule has 0 bridgehead atoms. The van der Waals surface area contributed by atoms with E-state index < -0.39 is 0 Å². The molecule has 1 fully saturated rings. The Hall–Kier alpha value is -2.69. The fraction of sp³-hybridized carbons (Fsp3) is 0.364. The van der Waals surface area contributed by atoms with Crippen molar-refractivity contribution in [1.82, 2.24) is 10.2 Å². The first-order chi connectivity index (χ1) is 13.1. The monoisotopic (exact) mass is 368 g/mol. The van der Waals surface area contributed by atoms with Crippen LogP contribution in [0.3, 0.4) is 0 Å². The molecule has 0 saturated carbocycles. The maximum Gasteiger partial charge on any atom is 0.253 e. The summed E-state index contributed by atoms with van der Waals surface area (Å²) in [5, 5.41) is 2.98. The lowest BCUT2D eigenvalue weighted by atomic mass is 9.88. The van der Waals surface area contributed by atoms with E-state index in [9.17, 15) is 14.0 Å². The van der Waals surface area contributed by atoms with E-state index in [2.05, 4.69) is 12.2 Å². The molecule has 2 aromatic carbocycles. The standard InChI is InChI=1S/C22H25FN2O2/c1-2-3-13-24-21(26)20-15-25(22(27)17-7-5-4-6-8-17)14-19(20)16-9-11-18(23)12-10-16/h4-12,19-20H,2-3,13-15H2,1H3,(H,24,26)/t19-,20+/m0/s1. The molecule has 0 aliphatic carbocycles. The molecule has 5 heteroatoms. The van der Waals surface area contributed by atoms with Crippen molar-refractivity contribution in [3.63, 3.8) is 0 Å². The summed E-state index contributed by atoms with van der Waals surface area (Å²) >= 11 is 0. The number of hydrogen-bond donors (Lipinski definition) is 1. The third-order valence-corrected chi connectivity index (χ3v) is 5.09. The predicted octanol–water partition coefficient (Wildman–Crippen LogP) is 3.60. The van der Waals surface area contributed by atoms with Gasteiger partial charge in [-0.05, 0) is 36.2 Å². The molecule has 0 unspecified atom stereocenters. The zero-order valence-corrected chi connectivity index (χ0v) is 15.5. The van der Waals surface area contributed by atoms with Crippen molar-refractivity contribution >= 4 is 11.8 Å². The van der Waals surface area contributed by atoms with Crippen molar-refractivity contribution in [3.05, 3.63) is 71.5 Å². The predicted molar refractivity (Wildman–Crippen MR) is 103 cm³/mol. The number of unbranched alkanes of at least 4 members (excludes halogenated alkanes) is 1. The minimum Gasteiger partial charge on any atom is -0.356 e. The molecule has 1 saturated heterocycles. The highest BCUT2D eigenvalue weighted by molar-refractivity contribution is 5.95. The molecule has 2 aromatic rings. The Morgan fingerprint density at radius 1 is 1.07 bits per heavy atom. The zero-order chi connectivity index (χ0) is 19.2. The summed E-state index contributed by atoms with van der Waals surface area (Å²) in [4.78, 5) is 27.3. The summed E-state index contributed by atoms with van der Waals surface area (Å²) < 4.78 is 13.3. The summed E-state index contributed by atoms with van der Waals surface area (Å²) in [5.41, 5.74) is 1.50. The molecule has 2 atom stereocenters. The van der Waals surface area contributed by atoms with Gasteiger partial charge in [0.25, 0.3) is 5.91 Å². The third-order valence-electron chi connectivity index (χ3n) is 5.09. The molecule has 1 aliphatic rings. The largest absolute Gasteiger partial charge is 0.356 e. The zero-order valence-electron chi connectivity index (χ0n) is 15.5. The van der Waals surface area contributed by atoms with Gasteiger partial charge >= 0.3 is 0 Å². The SMILES string of the molecule is CCCCNC(=O)[C@@H]1CN(C(=O)c2ccccc2)C[C@H]1c1ccc(F)cc1. The molecular formula is C22H25FN2O2. The number of benzene rings is 2. The van der Waals surface area contributed by atoms with Crippen molar-refractivity contribution in [3.8, 4) is 0 Å². The Labute approximate surface area is 159 Å². The first kappa shape index (κ1) is 19.1. The van der Waals surface area contributed by atoms with Crippen LogP contribution in [0.2, 0.25) is 0 Å². The average molecular weight is 368 g/mol. The van der Waals surface area contributed by atoms with Crippen LogP contribution in [0.25, 0.3) is 0 Å². The van der Waals surface area contributed by atoms with Gasteiger partial charge in [0.15, 0.2) is 0 Å². The van der Waals surface area contributed by atoms with Gasteiger partial charge in [0.05, 0.1) is 5.92 Å². The molecule has 4 nitrogen and oxygen atoms in total. The van der Waals surface area contributed by atoms with Gasteiger partial charge in [-0.15, -0.1) is 0 Å². The number of likely N-dealkylation sites (tertiary alicyclic amines) is 1. The number of amides is 2. The second kappa shape index (κ2) is 8.80. The third kappa shape index (κ3) is 4.54. The van der Waals surface area contributed by atoms with Crippen LogP contribution in [-0.2, 0) is 4.79 Å². The Kier molecular flexibility index (Phi) is 6.22. The summed E-state index contributed by atoms with van der Waals surface area (Å²) in [6.45, 7) is 3.52.